The Morgan fingerprint density at radius 1 is 1.07 bits per heavy atom. The molecule has 0 saturated heterocycles. The van der Waals surface area contributed by atoms with Gasteiger partial charge in [0.15, 0.2) is 0 Å². The SMILES string of the molecule is C=CC(COc1ccccc1)n1cc(C)c(=O)n(C(=O)c2ccccc2)c1=O. The largest absolute Gasteiger partial charge is 0.491 e. The van der Waals surface area contributed by atoms with Gasteiger partial charge < -0.3 is 4.74 Å². The number of carbonyl (C=O) groups excluding carboxylic acids is 1. The Kier molecular flexibility index (Phi) is 5.69. The Morgan fingerprint density at radius 3 is 2.29 bits per heavy atom. The molecule has 3 aromatic rings. The molecule has 0 aliphatic rings. The number of aryl methyl sites for hydroxylation is 1. The molecule has 1 unspecified atom stereocenters. The van der Waals surface area contributed by atoms with E-state index in [0.717, 1.165) is 0 Å². The van der Waals surface area contributed by atoms with E-state index in [9.17, 15) is 14.4 Å². The average Bonchev–Trinajstić information content (AvgIpc) is 2.73. The third-order valence-electron chi connectivity index (χ3n) is 4.30. The van der Waals surface area contributed by atoms with E-state index in [1.807, 2.05) is 18.2 Å². The number of nitrogens with zero attached hydrogens (tertiary/aromatic N) is 2. The second-order valence-electron chi connectivity index (χ2n) is 6.24. The average molecular weight is 376 g/mol. The minimum absolute atomic E-state index is 0.130. The Balaban J connectivity index is 2.00. The smallest absolute Gasteiger partial charge is 0.338 e. The first kappa shape index (κ1) is 19.1. The predicted octanol–water partition coefficient (Wildman–Crippen LogP) is 2.81. The van der Waals surface area contributed by atoms with E-state index >= 15 is 0 Å². The van der Waals surface area contributed by atoms with Gasteiger partial charge in [-0.3, -0.25) is 14.2 Å². The van der Waals surface area contributed by atoms with Crippen molar-refractivity contribution in [3.8, 4) is 5.75 Å². The van der Waals surface area contributed by atoms with Crippen molar-refractivity contribution in [2.75, 3.05) is 6.61 Å². The lowest BCUT2D eigenvalue weighted by atomic mass is 10.2. The number of carbonyl (C=O) groups is 1. The number of aromatic nitrogens is 2. The zero-order valence-corrected chi connectivity index (χ0v) is 15.4. The fourth-order valence-corrected chi connectivity index (χ4v) is 2.78. The van der Waals surface area contributed by atoms with Gasteiger partial charge in [0.25, 0.3) is 11.5 Å². The van der Waals surface area contributed by atoms with Gasteiger partial charge in [0, 0.05) is 17.3 Å². The van der Waals surface area contributed by atoms with Crippen molar-refractivity contribution in [2.45, 2.75) is 13.0 Å². The molecule has 0 aliphatic heterocycles. The maximum absolute atomic E-state index is 13.0. The Hall–Kier alpha value is -3.67. The van der Waals surface area contributed by atoms with Gasteiger partial charge >= 0.3 is 5.69 Å². The highest BCUT2D eigenvalue weighted by Crippen LogP contribution is 2.13. The number of rotatable bonds is 6. The van der Waals surface area contributed by atoms with Crippen LogP contribution >= 0.6 is 0 Å². The van der Waals surface area contributed by atoms with Crippen LogP contribution in [0.25, 0.3) is 0 Å². The van der Waals surface area contributed by atoms with E-state index in [0.29, 0.717) is 10.3 Å². The summed E-state index contributed by atoms with van der Waals surface area (Å²) in [6.07, 6.45) is 2.98. The molecular formula is C22H20N2O4. The number of hydrogen-bond donors (Lipinski definition) is 0. The van der Waals surface area contributed by atoms with Crippen molar-refractivity contribution in [3.05, 3.63) is 111 Å². The van der Waals surface area contributed by atoms with Gasteiger partial charge in [-0.05, 0) is 31.2 Å². The van der Waals surface area contributed by atoms with Crippen LogP contribution in [-0.2, 0) is 0 Å². The molecule has 3 rings (SSSR count). The van der Waals surface area contributed by atoms with E-state index in [-0.39, 0.29) is 17.7 Å². The summed E-state index contributed by atoms with van der Waals surface area (Å²) in [6.45, 7) is 5.45. The molecule has 0 radical (unpaired) electrons. The molecular weight excluding hydrogens is 356 g/mol. The van der Waals surface area contributed by atoms with Crippen LogP contribution in [0.15, 0.2) is 89.1 Å². The van der Waals surface area contributed by atoms with Crippen molar-refractivity contribution in [3.63, 3.8) is 0 Å². The van der Waals surface area contributed by atoms with Crippen molar-refractivity contribution in [1.29, 1.82) is 0 Å². The van der Waals surface area contributed by atoms with Gasteiger partial charge in [-0.15, -0.1) is 6.58 Å². The fourth-order valence-electron chi connectivity index (χ4n) is 2.78. The molecule has 1 heterocycles. The van der Waals surface area contributed by atoms with Crippen molar-refractivity contribution < 1.29 is 9.53 Å². The first-order chi connectivity index (χ1) is 13.5. The zero-order chi connectivity index (χ0) is 20.1. The maximum atomic E-state index is 13.0. The maximum Gasteiger partial charge on any atom is 0.338 e. The molecule has 0 aliphatic carbocycles. The molecule has 0 N–H and O–H groups in total. The van der Waals surface area contributed by atoms with Crippen LogP contribution in [-0.4, -0.2) is 21.6 Å². The molecule has 0 saturated carbocycles. The monoisotopic (exact) mass is 376 g/mol. The van der Waals surface area contributed by atoms with E-state index in [1.165, 1.54) is 10.8 Å². The molecule has 1 atom stereocenters. The lowest BCUT2D eigenvalue weighted by Gasteiger charge is -2.18. The second kappa shape index (κ2) is 8.35. The van der Waals surface area contributed by atoms with E-state index in [1.54, 1.807) is 55.5 Å². The molecule has 0 bridgehead atoms. The molecule has 2 aromatic carbocycles. The Bertz CT molecular complexity index is 1100. The van der Waals surface area contributed by atoms with Gasteiger partial charge in [-0.25, -0.2) is 4.79 Å². The Morgan fingerprint density at radius 2 is 1.68 bits per heavy atom. The van der Waals surface area contributed by atoms with Gasteiger partial charge in [-0.1, -0.05) is 42.5 Å². The minimum atomic E-state index is -0.731. The third kappa shape index (κ3) is 3.86. The van der Waals surface area contributed by atoms with Crippen molar-refractivity contribution >= 4 is 5.91 Å². The molecule has 6 nitrogen and oxygen atoms in total. The van der Waals surface area contributed by atoms with E-state index in [2.05, 4.69) is 6.58 Å². The quantitative estimate of drug-likeness (QED) is 0.621. The molecule has 142 valence electrons. The molecule has 0 amide bonds. The van der Waals surface area contributed by atoms with Crippen LogP contribution in [0, 0.1) is 6.92 Å². The highest BCUT2D eigenvalue weighted by atomic mass is 16.5. The molecule has 0 spiro atoms. The summed E-state index contributed by atoms with van der Waals surface area (Å²) in [4.78, 5) is 38.3. The number of hydrogen-bond acceptors (Lipinski definition) is 4. The Labute approximate surface area is 162 Å². The minimum Gasteiger partial charge on any atom is -0.491 e. The van der Waals surface area contributed by atoms with E-state index < -0.39 is 23.2 Å². The summed E-state index contributed by atoms with van der Waals surface area (Å²) < 4.78 is 7.68. The molecule has 0 fully saturated rings. The van der Waals surface area contributed by atoms with Gasteiger partial charge in [0.1, 0.15) is 12.4 Å². The molecule has 1 aromatic heterocycles. The number of ether oxygens (including phenoxy) is 1. The topological polar surface area (TPSA) is 70.3 Å². The summed E-state index contributed by atoms with van der Waals surface area (Å²) in [7, 11) is 0. The number of para-hydroxylation sites is 1. The summed E-state index contributed by atoms with van der Waals surface area (Å²) in [5.74, 6) is -0.0207. The normalized spacial score (nSPS) is 11.6. The first-order valence-corrected chi connectivity index (χ1v) is 8.78. The molecule has 6 heteroatoms. The van der Waals surface area contributed by atoms with Crippen LogP contribution in [0.1, 0.15) is 22.0 Å². The van der Waals surface area contributed by atoms with Crippen LogP contribution in [0.3, 0.4) is 0 Å². The summed E-state index contributed by atoms with van der Waals surface area (Å²) in [5.41, 5.74) is -0.835. The van der Waals surface area contributed by atoms with Crippen LogP contribution in [0.2, 0.25) is 0 Å². The summed E-state index contributed by atoms with van der Waals surface area (Å²) in [6, 6.07) is 16.8. The lowest BCUT2D eigenvalue weighted by Crippen LogP contribution is -2.46. The van der Waals surface area contributed by atoms with E-state index in [4.69, 9.17) is 4.74 Å². The summed E-state index contributed by atoms with van der Waals surface area (Å²) in [5, 5.41) is 0. The third-order valence-corrected chi connectivity index (χ3v) is 4.30. The summed E-state index contributed by atoms with van der Waals surface area (Å²) >= 11 is 0. The predicted molar refractivity (Wildman–Crippen MR) is 107 cm³/mol. The van der Waals surface area contributed by atoms with Crippen LogP contribution in [0.4, 0.5) is 0 Å². The van der Waals surface area contributed by atoms with Gasteiger partial charge in [0.05, 0.1) is 6.04 Å². The molecule has 28 heavy (non-hydrogen) atoms. The zero-order valence-electron chi connectivity index (χ0n) is 15.4. The van der Waals surface area contributed by atoms with Gasteiger partial charge in [0.2, 0.25) is 0 Å². The highest BCUT2D eigenvalue weighted by Gasteiger charge is 2.20. The second-order valence-corrected chi connectivity index (χ2v) is 6.24. The van der Waals surface area contributed by atoms with Crippen LogP contribution in [0.5, 0.6) is 5.75 Å². The fraction of sp³-hybridized carbons (Fsp3) is 0.136. The standard InChI is InChI=1S/C22H20N2O4/c1-3-18(15-28-19-12-8-5-9-13-19)23-14-16(2)20(25)24(22(23)27)21(26)17-10-6-4-7-11-17/h3-14,18H,1,15H2,2H3. The first-order valence-electron chi connectivity index (χ1n) is 8.78. The van der Waals surface area contributed by atoms with Gasteiger partial charge in [-0.2, -0.15) is 4.57 Å². The number of benzene rings is 2. The van der Waals surface area contributed by atoms with Crippen molar-refractivity contribution in [1.82, 2.24) is 9.13 Å². The lowest BCUT2D eigenvalue weighted by molar-refractivity contribution is 0.0946. The highest BCUT2D eigenvalue weighted by molar-refractivity contribution is 5.95. The van der Waals surface area contributed by atoms with Crippen molar-refractivity contribution in [2.24, 2.45) is 0 Å². The van der Waals surface area contributed by atoms with Crippen LogP contribution < -0.4 is 16.0 Å².